The van der Waals surface area contributed by atoms with Gasteiger partial charge < -0.3 is 15.1 Å². The Bertz CT molecular complexity index is 870. The molecule has 5 nitrogen and oxygen atoms in total. The standard InChI is InChI=1S/C23H27F2N3O2/c1-17(18-5-3-2-4-6-18)16-28(12-9-22(29)27-13-10-26-11-14-27)23(30)19-7-8-20(24)21(25)15-19/h2-8,15,17,26H,9-14,16H2,1H3/t17-/m0/s1. The molecule has 1 atom stereocenters. The minimum atomic E-state index is -1.06. The third-order valence-corrected chi connectivity index (χ3v) is 5.38. The molecule has 0 bridgehead atoms. The van der Waals surface area contributed by atoms with Crippen LogP contribution >= 0.6 is 0 Å². The number of carbonyl (C=O) groups excluding carboxylic acids is 2. The van der Waals surface area contributed by atoms with Crippen molar-refractivity contribution in [3.63, 3.8) is 0 Å². The van der Waals surface area contributed by atoms with Crippen molar-refractivity contribution >= 4 is 11.8 Å². The summed E-state index contributed by atoms with van der Waals surface area (Å²) in [7, 11) is 0. The van der Waals surface area contributed by atoms with Crippen molar-refractivity contribution in [3.05, 3.63) is 71.3 Å². The third-order valence-electron chi connectivity index (χ3n) is 5.38. The summed E-state index contributed by atoms with van der Waals surface area (Å²) in [6.45, 7) is 5.41. The molecule has 0 saturated carbocycles. The molecule has 30 heavy (non-hydrogen) atoms. The topological polar surface area (TPSA) is 52.7 Å². The number of nitrogens with zero attached hydrogens (tertiary/aromatic N) is 2. The molecule has 1 fully saturated rings. The van der Waals surface area contributed by atoms with E-state index in [9.17, 15) is 18.4 Å². The molecule has 0 aliphatic carbocycles. The first-order chi connectivity index (χ1) is 14.5. The van der Waals surface area contributed by atoms with Crippen LogP contribution in [0.25, 0.3) is 0 Å². The van der Waals surface area contributed by atoms with Gasteiger partial charge in [0.05, 0.1) is 0 Å². The van der Waals surface area contributed by atoms with E-state index in [0.29, 0.717) is 19.6 Å². The Morgan fingerprint density at radius 1 is 1.07 bits per heavy atom. The van der Waals surface area contributed by atoms with Gasteiger partial charge in [-0.15, -0.1) is 0 Å². The van der Waals surface area contributed by atoms with Crippen LogP contribution in [0.1, 0.15) is 35.2 Å². The quantitative estimate of drug-likeness (QED) is 0.756. The van der Waals surface area contributed by atoms with E-state index in [2.05, 4.69) is 5.32 Å². The summed E-state index contributed by atoms with van der Waals surface area (Å²) in [4.78, 5) is 29.0. The second-order valence-electron chi connectivity index (χ2n) is 7.57. The van der Waals surface area contributed by atoms with Gasteiger partial charge in [-0.25, -0.2) is 8.78 Å². The number of nitrogens with one attached hydrogen (secondary N) is 1. The van der Waals surface area contributed by atoms with Crippen LogP contribution in [-0.2, 0) is 4.79 Å². The van der Waals surface area contributed by atoms with Gasteiger partial charge in [0.25, 0.3) is 5.91 Å². The number of hydrogen-bond donors (Lipinski definition) is 1. The minimum Gasteiger partial charge on any atom is -0.340 e. The van der Waals surface area contributed by atoms with Crippen LogP contribution in [0.5, 0.6) is 0 Å². The smallest absolute Gasteiger partial charge is 0.253 e. The highest BCUT2D eigenvalue weighted by Crippen LogP contribution is 2.19. The fraction of sp³-hybridized carbons (Fsp3) is 0.391. The molecule has 1 aliphatic heterocycles. The van der Waals surface area contributed by atoms with Crippen LogP contribution in [0.15, 0.2) is 48.5 Å². The van der Waals surface area contributed by atoms with Gasteiger partial charge in [0.1, 0.15) is 0 Å². The summed E-state index contributed by atoms with van der Waals surface area (Å²) in [6, 6.07) is 12.9. The Labute approximate surface area is 175 Å². The van der Waals surface area contributed by atoms with Crippen LogP contribution in [-0.4, -0.2) is 60.9 Å². The second kappa shape index (κ2) is 10.3. The SMILES string of the molecule is C[C@@H](CN(CCC(=O)N1CCNCC1)C(=O)c1ccc(F)c(F)c1)c1ccccc1. The first-order valence-corrected chi connectivity index (χ1v) is 10.2. The average Bonchev–Trinajstić information content (AvgIpc) is 2.78. The molecular formula is C23H27F2N3O2. The molecular weight excluding hydrogens is 388 g/mol. The second-order valence-corrected chi connectivity index (χ2v) is 7.57. The van der Waals surface area contributed by atoms with E-state index in [1.807, 2.05) is 37.3 Å². The predicted molar refractivity (Wildman–Crippen MR) is 111 cm³/mol. The Kier molecular flexibility index (Phi) is 7.52. The molecule has 0 unspecified atom stereocenters. The van der Waals surface area contributed by atoms with Gasteiger partial charge in [-0.2, -0.15) is 0 Å². The van der Waals surface area contributed by atoms with Gasteiger partial charge in [0, 0.05) is 51.3 Å². The molecule has 2 aromatic carbocycles. The largest absolute Gasteiger partial charge is 0.340 e. The van der Waals surface area contributed by atoms with E-state index in [4.69, 9.17) is 0 Å². The average molecular weight is 415 g/mol. The maximum atomic E-state index is 13.7. The Morgan fingerprint density at radius 2 is 1.77 bits per heavy atom. The fourth-order valence-electron chi connectivity index (χ4n) is 3.61. The molecule has 0 spiro atoms. The van der Waals surface area contributed by atoms with E-state index in [1.54, 1.807) is 9.80 Å². The lowest BCUT2D eigenvalue weighted by molar-refractivity contribution is -0.131. The summed E-state index contributed by atoms with van der Waals surface area (Å²) < 4.78 is 27.0. The summed E-state index contributed by atoms with van der Waals surface area (Å²) in [5, 5.41) is 3.20. The highest BCUT2D eigenvalue weighted by Gasteiger charge is 2.23. The summed E-state index contributed by atoms with van der Waals surface area (Å²) >= 11 is 0. The molecule has 1 N–H and O–H groups in total. The van der Waals surface area contributed by atoms with E-state index in [1.165, 1.54) is 6.07 Å². The lowest BCUT2D eigenvalue weighted by Gasteiger charge is -2.30. The first-order valence-electron chi connectivity index (χ1n) is 10.2. The van der Waals surface area contributed by atoms with Crippen molar-refractivity contribution in [2.75, 3.05) is 39.3 Å². The van der Waals surface area contributed by atoms with Crippen molar-refractivity contribution < 1.29 is 18.4 Å². The van der Waals surface area contributed by atoms with Gasteiger partial charge in [-0.1, -0.05) is 37.3 Å². The van der Waals surface area contributed by atoms with Crippen molar-refractivity contribution in [3.8, 4) is 0 Å². The molecule has 1 heterocycles. The van der Waals surface area contributed by atoms with Crippen LogP contribution in [0.4, 0.5) is 8.78 Å². The molecule has 0 radical (unpaired) electrons. The number of halogens is 2. The Morgan fingerprint density at radius 3 is 2.43 bits per heavy atom. The summed E-state index contributed by atoms with van der Waals surface area (Å²) in [5.74, 6) is -2.45. The molecule has 7 heteroatoms. The summed E-state index contributed by atoms with van der Waals surface area (Å²) in [5.41, 5.74) is 1.14. The number of benzene rings is 2. The van der Waals surface area contributed by atoms with Crippen molar-refractivity contribution in [2.45, 2.75) is 19.3 Å². The van der Waals surface area contributed by atoms with E-state index in [0.717, 1.165) is 30.8 Å². The molecule has 1 aliphatic rings. The van der Waals surface area contributed by atoms with Gasteiger partial charge in [-0.3, -0.25) is 9.59 Å². The Hall–Kier alpha value is -2.80. The maximum absolute atomic E-state index is 13.7. The number of hydrogen-bond acceptors (Lipinski definition) is 3. The highest BCUT2D eigenvalue weighted by molar-refractivity contribution is 5.94. The van der Waals surface area contributed by atoms with Gasteiger partial charge >= 0.3 is 0 Å². The minimum absolute atomic E-state index is 0.00745. The molecule has 2 amide bonds. The molecule has 1 saturated heterocycles. The van der Waals surface area contributed by atoms with E-state index < -0.39 is 17.5 Å². The van der Waals surface area contributed by atoms with Gasteiger partial charge in [-0.05, 0) is 29.7 Å². The zero-order valence-corrected chi connectivity index (χ0v) is 17.1. The number of piperazine rings is 1. The Balaban J connectivity index is 1.73. The lowest BCUT2D eigenvalue weighted by atomic mass is 10.00. The molecule has 2 aromatic rings. The monoisotopic (exact) mass is 415 g/mol. The summed E-state index contributed by atoms with van der Waals surface area (Å²) in [6.07, 6.45) is 0.191. The lowest BCUT2D eigenvalue weighted by Crippen LogP contribution is -2.47. The first kappa shape index (κ1) is 21.9. The van der Waals surface area contributed by atoms with Crippen molar-refractivity contribution in [1.82, 2.24) is 15.1 Å². The zero-order valence-electron chi connectivity index (χ0n) is 17.1. The normalized spacial score (nSPS) is 15.0. The van der Waals surface area contributed by atoms with Crippen LogP contribution in [0.3, 0.4) is 0 Å². The number of amides is 2. The van der Waals surface area contributed by atoms with Crippen molar-refractivity contribution in [2.24, 2.45) is 0 Å². The molecule has 160 valence electrons. The number of rotatable bonds is 7. The van der Waals surface area contributed by atoms with Crippen molar-refractivity contribution in [1.29, 1.82) is 0 Å². The fourth-order valence-corrected chi connectivity index (χ4v) is 3.61. The predicted octanol–water partition coefficient (Wildman–Crippen LogP) is 3.03. The highest BCUT2D eigenvalue weighted by atomic mass is 19.2. The van der Waals surface area contributed by atoms with Gasteiger partial charge in [0.2, 0.25) is 5.91 Å². The number of carbonyl (C=O) groups is 2. The van der Waals surface area contributed by atoms with Crippen LogP contribution < -0.4 is 5.32 Å². The van der Waals surface area contributed by atoms with Crippen LogP contribution in [0, 0.1) is 11.6 Å². The molecule has 0 aromatic heterocycles. The van der Waals surface area contributed by atoms with E-state index in [-0.39, 0.29) is 30.4 Å². The van der Waals surface area contributed by atoms with Gasteiger partial charge in [0.15, 0.2) is 11.6 Å². The maximum Gasteiger partial charge on any atom is 0.253 e. The third kappa shape index (κ3) is 5.63. The zero-order chi connectivity index (χ0) is 21.5. The molecule has 3 rings (SSSR count). The van der Waals surface area contributed by atoms with E-state index >= 15 is 0 Å². The van der Waals surface area contributed by atoms with Crippen LogP contribution in [0.2, 0.25) is 0 Å².